The van der Waals surface area contributed by atoms with Crippen LogP contribution in [0.1, 0.15) is 53.5 Å². The lowest BCUT2D eigenvalue weighted by atomic mass is 10.0. The summed E-state index contributed by atoms with van der Waals surface area (Å²) in [5, 5.41) is 3.10. The number of likely N-dealkylation sites (tertiary alicyclic amines) is 1. The molecule has 1 unspecified atom stereocenters. The summed E-state index contributed by atoms with van der Waals surface area (Å²) in [6, 6.07) is 5.90. The van der Waals surface area contributed by atoms with E-state index < -0.39 is 11.7 Å². The van der Waals surface area contributed by atoms with Crippen LogP contribution in [0.4, 0.5) is 13.2 Å². The molecule has 1 aliphatic rings. The predicted octanol–water partition coefficient (Wildman–Crippen LogP) is 5.13. The minimum atomic E-state index is -4.47. The first-order valence-electron chi connectivity index (χ1n) is 9.93. The zero-order valence-electron chi connectivity index (χ0n) is 16.7. The number of alkyl halides is 3. The number of halogens is 3. The minimum Gasteiger partial charge on any atom is -0.351 e. The van der Waals surface area contributed by atoms with Crippen molar-refractivity contribution in [3.8, 4) is 10.6 Å². The number of carbonyl (C=O) groups is 1. The monoisotopic (exact) mass is 425 g/mol. The molecule has 1 atom stereocenters. The van der Waals surface area contributed by atoms with Crippen LogP contribution < -0.4 is 5.32 Å². The van der Waals surface area contributed by atoms with Crippen LogP contribution in [0.2, 0.25) is 0 Å². The smallest absolute Gasteiger partial charge is 0.351 e. The quantitative estimate of drug-likeness (QED) is 0.653. The Balaban J connectivity index is 1.62. The van der Waals surface area contributed by atoms with Gasteiger partial charge in [-0.15, -0.1) is 11.3 Å². The SMILES string of the molecule is Cc1nc(-c2ccccc2C(F)(F)F)sc1C(=O)NCCCN1CCCCC1C. The fraction of sp³-hybridized carbons (Fsp3) is 0.524. The summed E-state index contributed by atoms with van der Waals surface area (Å²) in [7, 11) is 0. The van der Waals surface area contributed by atoms with Gasteiger partial charge in [-0.3, -0.25) is 4.79 Å². The van der Waals surface area contributed by atoms with E-state index >= 15 is 0 Å². The third-order valence-electron chi connectivity index (χ3n) is 5.31. The summed E-state index contributed by atoms with van der Waals surface area (Å²) in [4.78, 5) is 19.6. The minimum absolute atomic E-state index is 0.00577. The Kier molecular flexibility index (Phi) is 6.95. The van der Waals surface area contributed by atoms with Crippen LogP contribution in [-0.2, 0) is 6.18 Å². The molecule has 3 rings (SSSR count). The van der Waals surface area contributed by atoms with Crippen LogP contribution in [-0.4, -0.2) is 41.5 Å². The summed E-state index contributed by atoms with van der Waals surface area (Å²) in [6.45, 7) is 6.46. The molecule has 2 heterocycles. The van der Waals surface area contributed by atoms with E-state index in [0.29, 0.717) is 23.2 Å². The van der Waals surface area contributed by atoms with Gasteiger partial charge in [-0.05, 0) is 45.7 Å². The molecule has 1 N–H and O–H groups in total. The molecule has 1 amide bonds. The normalized spacial score (nSPS) is 18.0. The van der Waals surface area contributed by atoms with Crippen molar-refractivity contribution in [1.82, 2.24) is 15.2 Å². The fourth-order valence-electron chi connectivity index (χ4n) is 3.69. The van der Waals surface area contributed by atoms with Crippen molar-refractivity contribution in [2.24, 2.45) is 0 Å². The Morgan fingerprint density at radius 2 is 2.07 bits per heavy atom. The largest absolute Gasteiger partial charge is 0.417 e. The highest BCUT2D eigenvalue weighted by atomic mass is 32.1. The summed E-state index contributed by atoms with van der Waals surface area (Å²) in [5.74, 6) is -0.276. The Hall–Kier alpha value is -1.93. The maximum atomic E-state index is 13.3. The first-order valence-corrected chi connectivity index (χ1v) is 10.8. The Morgan fingerprint density at radius 3 is 2.79 bits per heavy atom. The van der Waals surface area contributed by atoms with E-state index in [2.05, 4.69) is 22.1 Å². The van der Waals surface area contributed by atoms with Crippen molar-refractivity contribution < 1.29 is 18.0 Å². The molecular formula is C21H26F3N3OS. The molecule has 158 valence electrons. The molecule has 0 radical (unpaired) electrons. The molecule has 1 fully saturated rings. The highest BCUT2D eigenvalue weighted by Gasteiger charge is 2.34. The molecule has 0 saturated carbocycles. The summed E-state index contributed by atoms with van der Waals surface area (Å²) < 4.78 is 39.8. The van der Waals surface area contributed by atoms with Gasteiger partial charge in [0, 0.05) is 24.7 Å². The van der Waals surface area contributed by atoms with Gasteiger partial charge in [0.1, 0.15) is 9.88 Å². The number of hydrogen-bond donors (Lipinski definition) is 1. The third-order valence-corrected chi connectivity index (χ3v) is 6.50. The van der Waals surface area contributed by atoms with Gasteiger partial charge in [0.15, 0.2) is 0 Å². The number of amides is 1. The van der Waals surface area contributed by atoms with Gasteiger partial charge >= 0.3 is 6.18 Å². The third kappa shape index (κ3) is 5.36. The Bertz CT molecular complexity index is 850. The molecule has 8 heteroatoms. The summed E-state index contributed by atoms with van der Waals surface area (Å²) in [6.07, 6.45) is 0.0915. The van der Waals surface area contributed by atoms with Gasteiger partial charge in [-0.1, -0.05) is 24.6 Å². The number of nitrogens with one attached hydrogen (secondary N) is 1. The number of nitrogens with zero attached hydrogens (tertiary/aromatic N) is 2. The predicted molar refractivity (Wildman–Crippen MR) is 109 cm³/mol. The van der Waals surface area contributed by atoms with Crippen LogP contribution in [0.15, 0.2) is 24.3 Å². The van der Waals surface area contributed by atoms with Crippen molar-refractivity contribution in [3.05, 3.63) is 40.4 Å². The molecule has 4 nitrogen and oxygen atoms in total. The molecule has 1 aromatic carbocycles. The average molecular weight is 426 g/mol. The van der Waals surface area contributed by atoms with Gasteiger partial charge in [0.25, 0.3) is 5.91 Å². The van der Waals surface area contributed by atoms with E-state index in [0.717, 1.165) is 36.9 Å². The van der Waals surface area contributed by atoms with Gasteiger partial charge in [-0.25, -0.2) is 4.98 Å². The first kappa shape index (κ1) is 21.8. The summed E-state index contributed by atoms with van der Waals surface area (Å²) >= 11 is 1.00. The van der Waals surface area contributed by atoms with Crippen molar-refractivity contribution in [3.63, 3.8) is 0 Å². The second-order valence-corrected chi connectivity index (χ2v) is 8.47. The Labute approximate surface area is 173 Å². The van der Waals surface area contributed by atoms with Crippen LogP contribution in [0.3, 0.4) is 0 Å². The molecule has 2 aromatic rings. The zero-order valence-corrected chi connectivity index (χ0v) is 17.5. The number of aryl methyl sites for hydroxylation is 1. The summed E-state index contributed by atoms with van der Waals surface area (Å²) in [5.41, 5.74) is -0.285. The van der Waals surface area contributed by atoms with Gasteiger partial charge in [0.2, 0.25) is 0 Å². The number of thiazole rings is 1. The van der Waals surface area contributed by atoms with E-state index in [1.807, 2.05) is 0 Å². The number of benzene rings is 1. The van der Waals surface area contributed by atoms with Gasteiger partial charge < -0.3 is 10.2 Å². The highest BCUT2D eigenvalue weighted by molar-refractivity contribution is 7.17. The number of piperidine rings is 1. The lowest BCUT2D eigenvalue weighted by molar-refractivity contribution is -0.137. The van der Waals surface area contributed by atoms with Crippen LogP contribution in [0, 0.1) is 6.92 Å². The molecule has 0 aliphatic carbocycles. The van der Waals surface area contributed by atoms with E-state index in [4.69, 9.17) is 0 Å². The maximum absolute atomic E-state index is 13.3. The molecule has 1 aromatic heterocycles. The van der Waals surface area contributed by atoms with E-state index in [1.54, 1.807) is 13.0 Å². The molecule has 29 heavy (non-hydrogen) atoms. The number of hydrogen-bond acceptors (Lipinski definition) is 4. The molecule has 0 spiro atoms. The number of carbonyl (C=O) groups excluding carboxylic acids is 1. The van der Waals surface area contributed by atoms with Crippen molar-refractivity contribution in [2.45, 2.75) is 51.7 Å². The second-order valence-electron chi connectivity index (χ2n) is 7.47. The number of rotatable bonds is 6. The molecule has 1 saturated heterocycles. The van der Waals surface area contributed by atoms with Gasteiger partial charge in [-0.2, -0.15) is 13.2 Å². The standard InChI is InChI=1S/C21H26F3N3OS/c1-14-8-5-6-12-27(14)13-7-11-25-19(28)18-15(2)26-20(29-18)16-9-3-4-10-17(16)21(22,23)24/h3-4,9-10,14H,5-8,11-13H2,1-2H3,(H,25,28). The second kappa shape index (κ2) is 9.26. The van der Waals surface area contributed by atoms with E-state index in [9.17, 15) is 18.0 Å². The topological polar surface area (TPSA) is 45.2 Å². The molecule has 0 bridgehead atoms. The van der Waals surface area contributed by atoms with Crippen LogP contribution in [0.5, 0.6) is 0 Å². The molecule has 1 aliphatic heterocycles. The van der Waals surface area contributed by atoms with E-state index in [-0.39, 0.29) is 16.5 Å². The highest BCUT2D eigenvalue weighted by Crippen LogP contribution is 2.38. The van der Waals surface area contributed by atoms with Crippen molar-refractivity contribution in [1.29, 1.82) is 0 Å². The lowest BCUT2D eigenvalue weighted by Gasteiger charge is -2.33. The van der Waals surface area contributed by atoms with Gasteiger partial charge in [0.05, 0.1) is 11.3 Å². The lowest BCUT2D eigenvalue weighted by Crippen LogP contribution is -2.39. The fourth-order valence-corrected chi connectivity index (χ4v) is 4.72. The molecular weight excluding hydrogens is 399 g/mol. The average Bonchev–Trinajstić information content (AvgIpc) is 3.07. The number of aromatic nitrogens is 1. The Morgan fingerprint density at radius 1 is 1.31 bits per heavy atom. The van der Waals surface area contributed by atoms with Crippen LogP contribution in [0.25, 0.3) is 10.6 Å². The van der Waals surface area contributed by atoms with E-state index in [1.165, 1.54) is 31.4 Å². The van der Waals surface area contributed by atoms with Crippen LogP contribution >= 0.6 is 11.3 Å². The maximum Gasteiger partial charge on any atom is 0.417 e. The zero-order chi connectivity index (χ0) is 21.0. The van der Waals surface area contributed by atoms with Crippen molar-refractivity contribution in [2.75, 3.05) is 19.6 Å². The van der Waals surface area contributed by atoms with Crippen molar-refractivity contribution >= 4 is 17.2 Å². The first-order chi connectivity index (χ1) is 13.8.